The zero-order chi connectivity index (χ0) is 21.2. The minimum atomic E-state index is -2.92. The largest absolute Gasteiger partial charge is 0.493 e. The van der Waals surface area contributed by atoms with Crippen molar-refractivity contribution >= 4 is 34.1 Å². The first-order valence-electron chi connectivity index (χ1n) is 8.96. The predicted octanol–water partition coefficient (Wildman–Crippen LogP) is 3.67. The number of hydrogen-bond donors (Lipinski definition) is 2. The van der Waals surface area contributed by atoms with E-state index in [9.17, 15) is 13.6 Å². The molecule has 0 fully saturated rings. The number of ether oxygens (including phenoxy) is 2. The van der Waals surface area contributed by atoms with Crippen molar-refractivity contribution in [2.75, 3.05) is 31.3 Å². The van der Waals surface area contributed by atoms with Gasteiger partial charge in [-0.1, -0.05) is 43.0 Å². The average Bonchev–Trinajstić information content (AvgIpc) is 3.13. The first kappa shape index (κ1) is 23.1. The number of aromatic nitrogens is 2. The van der Waals surface area contributed by atoms with Crippen molar-refractivity contribution in [1.29, 1.82) is 0 Å². The first-order chi connectivity index (χ1) is 13.9. The molecule has 0 bridgehead atoms. The lowest BCUT2D eigenvalue weighted by Gasteiger charge is -2.11. The maximum Gasteiger partial charge on any atom is 0.387 e. The Labute approximate surface area is 176 Å². The molecule has 0 atom stereocenters. The van der Waals surface area contributed by atoms with Crippen LogP contribution in [0.25, 0.3) is 0 Å². The second-order valence-electron chi connectivity index (χ2n) is 6.40. The van der Waals surface area contributed by atoms with Crippen molar-refractivity contribution in [3.8, 4) is 11.5 Å². The molecule has 0 aliphatic carbocycles. The maximum absolute atomic E-state index is 12.4. The van der Waals surface area contributed by atoms with Gasteiger partial charge < -0.3 is 20.1 Å². The fourth-order valence-electron chi connectivity index (χ4n) is 2.22. The van der Waals surface area contributed by atoms with Crippen LogP contribution in [0.5, 0.6) is 11.5 Å². The SMILES string of the molecule is COc1cc(CCNC(=O)CSc2nnc(NCC(C)C)s2)ccc1OC(F)F. The molecule has 2 N–H and O–H groups in total. The fourth-order valence-corrected chi connectivity index (χ4v) is 3.81. The first-order valence-corrected chi connectivity index (χ1v) is 10.8. The Kier molecular flexibility index (Phi) is 9.39. The summed E-state index contributed by atoms with van der Waals surface area (Å²) >= 11 is 2.75. The highest BCUT2D eigenvalue weighted by molar-refractivity contribution is 8.01. The third-order valence-corrected chi connectivity index (χ3v) is 5.59. The molecule has 1 amide bonds. The summed E-state index contributed by atoms with van der Waals surface area (Å²) in [5.41, 5.74) is 0.835. The summed E-state index contributed by atoms with van der Waals surface area (Å²) in [5, 5.41) is 14.9. The Morgan fingerprint density at radius 2 is 2.07 bits per heavy atom. The highest BCUT2D eigenvalue weighted by Gasteiger charge is 2.12. The Morgan fingerprint density at radius 3 is 2.76 bits per heavy atom. The van der Waals surface area contributed by atoms with Crippen LogP contribution in [0.15, 0.2) is 22.5 Å². The number of methoxy groups -OCH3 is 1. The normalized spacial score (nSPS) is 11.0. The van der Waals surface area contributed by atoms with Crippen molar-refractivity contribution < 1.29 is 23.0 Å². The van der Waals surface area contributed by atoms with Crippen LogP contribution in [0.1, 0.15) is 19.4 Å². The molecule has 1 aromatic heterocycles. The van der Waals surface area contributed by atoms with Gasteiger partial charge in [-0.3, -0.25) is 4.79 Å². The van der Waals surface area contributed by atoms with Crippen LogP contribution in [0.4, 0.5) is 13.9 Å². The third-order valence-electron chi connectivity index (χ3n) is 3.57. The molecule has 0 radical (unpaired) electrons. The summed E-state index contributed by atoms with van der Waals surface area (Å²) in [4.78, 5) is 12.0. The number of carbonyl (C=O) groups is 1. The Balaban J connectivity index is 1.73. The number of thioether (sulfide) groups is 1. The van der Waals surface area contributed by atoms with E-state index in [0.29, 0.717) is 18.9 Å². The van der Waals surface area contributed by atoms with Crippen LogP contribution in [0.2, 0.25) is 0 Å². The smallest absolute Gasteiger partial charge is 0.387 e. The summed E-state index contributed by atoms with van der Waals surface area (Å²) in [5.74, 6) is 0.831. The molecular weight excluding hydrogens is 422 g/mol. The lowest BCUT2D eigenvalue weighted by atomic mass is 10.1. The van der Waals surface area contributed by atoms with Gasteiger partial charge in [0.1, 0.15) is 0 Å². The van der Waals surface area contributed by atoms with Crippen LogP contribution in [-0.4, -0.2) is 48.7 Å². The topological polar surface area (TPSA) is 85.4 Å². The van der Waals surface area contributed by atoms with Crippen LogP contribution in [0, 0.1) is 5.92 Å². The summed E-state index contributed by atoms with van der Waals surface area (Å²) in [6.07, 6.45) is 0.532. The van der Waals surface area contributed by atoms with Crippen LogP contribution in [0.3, 0.4) is 0 Å². The van der Waals surface area contributed by atoms with Gasteiger partial charge in [0.15, 0.2) is 15.8 Å². The standard InChI is InChI=1S/C18H24F2N4O3S2/c1-11(2)9-22-17-23-24-18(29-17)28-10-15(25)21-7-6-12-4-5-13(27-16(19)20)14(8-12)26-3/h4-5,8,11,16H,6-7,9-10H2,1-3H3,(H,21,25)(H,22,23). The zero-order valence-corrected chi connectivity index (χ0v) is 18.0. The van der Waals surface area contributed by atoms with Crippen molar-refractivity contribution in [2.24, 2.45) is 5.92 Å². The zero-order valence-electron chi connectivity index (χ0n) is 16.4. The number of hydrogen-bond acceptors (Lipinski definition) is 8. The molecule has 0 unspecified atom stereocenters. The van der Waals surface area contributed by atoms with E-state index in [0.717, 1.165) is 21.6 Å². The molecule has 0 aliphatic rings. The number of nitrogens with one attached hydrogen (secondary N) is 2. The number of alkyl halides is 2. The fraction of sp³-hybridized carbons (Fsp3) is 0.500. The van der Waals surface area contributed by atoms with Crippen molar-refractivity contribution in [2.45, 2.75) is 31.2 Å². The highest BCUT2D eigenvalue weighted by atomic mass is 32.2. The molecule has 0 saturated carbocycles. The number of rotatable bonds is 12. The van der Waals surface area contributed by atoms with Crippen molar-refractivity contribution in [3.05, 3.63) is 23.8 Å². The van der Waals surface area contributed by atoms with E-state index in [4.69, 9.17) is 4.74 Å². The van der Waals surface area contributed by atoms with Gasteiger partial charge in [0.2, 0.25) is 11.0 Å². The van der Waals surface area contributed by atoms with Crippen molar-refractivity contribution in [3.63, 3.8) is 0 Å². The summed E-state index contributed by atoms with van der Waals surface area (Å²) < 4.78 is 34.9. The van der Waals surface area contributed by atoms with E-state index in [1.807, 2.05) is 0 Å². The monoisotopic (exact) mass is 446 g/mol. The lowest BCUT2D eigenvalue weighted by Crippen LogP contribution is -2.27. The van der Waals surface area contributed by atoms with Gasteiger partial charge in [-0.2, -0.15) is 8.78 Å². The van der Waals surface area contributed by atoms with Gasteiger partial charge in [0.25, 0.3) is 0 Å². The minimum absolute atomic E-state index is 0.0222. The number of benzene rings is 1. The number of nitrogens with zero attached hydrogens (tertiary/aromatic N) is 2. The summed E-state index contributed by atoms with van der Waals surface area (Å²) in [6.45, 7) is 2.53. The molecule has 11 heteroatoms. The number of carbonyl (C=O) groups excluding carboxylic acids is 1. The molecule has 2 aromatic rings. The molecule has 29 heavy (non-hydrogen) atoms. The summed E-state index contributed by atoms with van der Waals surface area (Å²) in [6, 6.07) is 4.71. The predicted molar refractivity (Wildman–Crippen MR) is 110 cm³/mol. The van der Waals surface area contributed by atoms with Crippen LogP contribution >= 0.6 is 23.1 Å². The molecule has 1 aromatic carbocycles. The van der Waals surface area contributed by atoms with E-state index in [1.54, 1.807) is 12.1 Å². The van der Waals surface area contributed by atoms with Gasteiger partial charge in [-0.05, 0) is 30.0 Å². The Morgan fingerprint density at radius 1 is 1.28 bits per heavy atom. The molecule has 7 nitrogen and oxygen atoms in total. The van der Waals surface area contributed by atoms with Gasteiger partial charge in [-0.25, -0.2) is 0 Å². The highest BCUT2D eigenvalue weighted by Crippen LogP contribution is 2.29. The van der Waals surface area contributed by atoms with Gasteiger partial charge in [0, 0.05) is 13.1 Å². The molecule has 2 rings (SSSR count). The summed E-state index contributed by atoms with van der Waals surface area (Å²) in [7, 11) is 1.38. The lowest BCUT2D eigenvalue weighted by molar-refractivity contribution is -0.118. The number of halogens is 2. The van der Waals surface area contributed by atoms with Gasteiger partial charge in [-0.15, -0.1) is 10.2 Å². The molecular formula is C18H24F2N4O3S2. The Bertz CT molecular complexity index is 790. The van der Waals surface area contributed by atoms with E-state index >= 15 is 0 Å². The quantitative estimate of drug-likeness (QED) is 0.481. The molecule has 0 aliphatic heterocycles. The van der Waals surface area contributed by atoms with Crippen LogP contribution in [-0.2, 0) is 11.2 Å². The second-order valence-corrected chi connectivity index (χ2v) is 8.60. The van der Waals surface area contributed by atoms with E-state index in [1.165, 1.54) is 36.3 Å². The number of anilines is 1. The van der Waals surface area contributed by atoms with E-state index < -0.39 is 6.61 Å². The molecule has 1 heterocycles. The third kappa shape index (κ3) is 8.40. The maximum atomic E-state index is 12.4. The Hall–Kier alpha value is -2.14. The van der Waals surface area contributed by atoms with Crippen molar-refractivity contribution in [1.82, 2.24) is 15.5 Å². The molecule has 160 valence electrons. The number of amides is 1. The van der Waals surface area contributed by atoms with Crippen LogP contribution < -0.4 is 20.1 Å². The second kappa shape index (κ2) is 11.8. The van der Waals surface area contributed by atoms with Gasteiger partial charge >= 0.3 is 6.61 Å². The van der Waals surface area contributed by atoms with Gasteiger partial charge in [0.05, 0.1) is 12.9 Å². The van der Waals surface area contributed by atoms with E-state index in [2.05, 4.69) is 39.4 Å². The minimum Gasteiger partial charge on any atom is -0.493 e. The average molecular weight is 447 g/mol. The van der Waals surface area contributed by atoms with E-state index in [-0.39, 0.29) is 23.2 Å². The molecule has 0 saturated heterocycles. The molecule has 0 spiro atoms.